The molecule has 0 spiro atoms. The molecule has 0 radical (unpaired) electrons. The number of rotatable bonds is 16. The van der Waals surface area contributed by atoms with E-state index in [9.17, 15) is 4.79 Å². The minimum absolute atomic E-state index is 0.0330. The lowest BCUT2D eigenvalue weighted by molar-refractivity contribution is -0.136. The van der Waals surface area contributed by atoms with Crippen molar-refractivity contribution in [3.63, 3.8) is 0 Å². The van der Waals surface area contributed by atoms with Crippen molar-refractivity contribution in [2.45, 2.75) is 161 Å². The van der Waals surface area contributed by atoms with Crippen LogP contribution in [-0.4, -0.2) is 39.9 Å². The Bertz CT molecular complexity index is 832. The molecule has 39 heavy (non-hydrogen) atoms. The Balaban J connectivity index is 2.18. The highest BCUT2D eigenvalue weighted by atomic mass is 28.4. The van der Waals surface area contributed by atoms with Gasteiger partial charge in [-0.05, 0) is 99.3 Å². The molecule has 1 unspecified atom stereocenters. The molecule has 0 saturated heterocycles. The van der Waals surface area contributed by atoms with Crippen LogP contribution in [0.15, 0.2) is 29.5 Å². The monoisotopic (exact) mass is 576 g/mol. The molecular formula is C33H60O4Si2. The second kappa shape index (κ2) is 15.9. The Labute approximate surface area is 243 Å². The number of carboxylic acids is 1. The summed E-state index contributed by atoms with van der Waals surface area (Å²) >= 11 is 0. The average Bonchev–Trinajstić information content (AvgIpc) is 3.27. The smallest absolute Gasteiger partial charge is 0.307 e. The van der Waals surface area contributed by atoms with Gasteiger partial charge in [0.25, 0.3) is 0 Å². The number of hydrogen-bond acceptors (Lipinski definition) is 3. The molecule has 6 heteroatoms. The quantitative estimate of drug-likeness (QED) is 0.113. The first-order valence-electron chi connectivity index (χ1n) is 16.0. The highest BCUT2D eigenvalue weighted by Crippen LogP contribution is 2.43. The van der Waals surface area contributed by atoms with Gasteiger partial charge in [-0.1, -0.05) is 72.5 Å². The molecular weight excluding hydrogens is 517 g/mol. The normalized spacial score (nSPS) is 21.8. The molecule has 2 aliphatic rings. The SMILES string of the molecule is CC[Si](CC)(CC)O[C@H]1CC=C(CCC(O[Si](C)(C)C(C)(C)C)C2CCCCC2)[C@H]1CCC=C=CCC(=O)O. The molecule has 0 aromatic rings. The largest absolute Gasteiger partial charge is 0.481 e. The molecule has 1 saturated carbocycles. The summed E-state index contributed by atoms with van der Waals surface area (Å²) in [6, 6.07) is 3.54. The molecule has 0 bridgehead atoms. The van der Waals surface area contributed by atoms with Crippen LogP contribution in [0.25, 0.3) is 0 Å². The van der Waals surface area contributed by atoms with Crippen LogP contribution in [-0.2, 0) is 13.6 Å². The van der Waals surface area contributed by atoms with E-state index in [0.29, 0.717) is 17.9 Å². The van der Waals surface area contributed by atoms with Crippen LogP contribution < -0.4 is 0 Å². The van der Waals surface area contributed by atoms with Crippen LogP contribution in [0.1, 0.15) is 112 Å². The molecule has 224 valence electrons. The topological polar surface area (TPSA) is 55.8 Å². The standard InChI is InChI=1S/C33H60O4Si2/c1-9-39(10-2,11-3)37-31-26-24-27(29(31)21-17-12-13-18-22-32(34)35)23-25-30(28-19-15-14-16-20-28)36-38(7,8)33(4,5)6/h12,18,24,28-31H,9-11,14-17,19-23,25-26H2,1-8H3,(H,34,35)/t13?,29-,30?,31+/m1/s1. The fourth-order valence-electron chi connectivity index (χ4n) is 6.27. The molecule has 4 nitrogen and oxygen atoms in total. The van der Waals surface area contributed by atoms with E-state index in [4.69, 9.17) is 14.0 Å². The zero-order chi connectivity index (χ0) is 29.1. The van der Waals surface area contributed by atoms with Crippen molar-refractivity contribution < 1.29 is 18.8 Å². The van der Waals surface area contributed by atoms with Gasteiger partial charge in [-0.25, -0.2) is 0 Å². The van der Waals surface area contributed by atoms with Gasteiger partial charge < -0.3 is 14.0 Å². The predicted octanol–water partition coefficient (Wildman–Crippen LogP) is 10.0. The lowest BCUT2D eigenvalue weighted by Gasteiger charge is -2.42. The molecule has 0 aromatic heterocycles. The summed E-state index contributed by atoms with van der Waals surface area (Å²) in [5.74, 6) is 0.333. The van der Waals surface area contributed by atoms with Crippen LogP contribution in [0.2, 0.25) is 36.3 Å². The van der Waals surface area contributed by atoms with Crippen molar-refractivity contribution >= 4 is 22.6 Å². The van der Waals surface area contributed by atoms with Crippen LogP contribution in [0.4, 0.5) is 0 Å². The van der Waals surface area contributed by atoms with Gasteiger partial charge in [0.15, 0.2) is 16.6 Å². The summed E-state index contributed by atoms with van der Waals surface area (Å²) in [5, 5.41) is 9.12. The van der Waals surface area contributed by atoms with Gasteiger partial charge in [-0.15, -0.1) is 5.73 Å². The fourth-order valence-corrected chi connectivity index (χ4v) is 10.6. The third kappa shape index (κ3) is 10.5. The van der Waals surface area contributed by atoms with Crippen molar-refractivity contribution in [2.75, 3.05) is 0 Å². The van der Waals surface area contributed by atoms with Gasteiger partial charge in [-0.3, -0.25) is 4.79 Å². The lowest BCUT2D eigenvalue weighted by atomic mass is 9.82. The van der Waals surface area contributed by atoms with Crippen molar-refractivity contribution in [1.29, 1.82) is 0 Å². The molecule has 0 heterocycles. The Kier molecular flexibility index (Phi) is 14.0. The fraction of sp³-hybridized carbons (Fsp3) is 0.818. The molecule has 1 fully saturated rings. The van der Waals surface area contributed by atoms with E-state index in [-0.39, 0.29) is 17.6 Å². The van der Waals surface area contributed by atoms with Crippen LogP contribution >= 0.6 is 0 Å². The van der Waals surface area contributed by atoms with Crippen LogP contribution in [0.5, 0.6) is 0 Å². The van der Waals surface area contributed by atoms with Gasteiger partial charge in [-0.2, -0.15) is 0 Å². The summed E-state index contributed by atoms with van der Waals surface area (Å²) in [7, 11) is -3.55. The zero-order valence-corrected chi connectivity index (χ0v) is 28.6. The molecule has 0 aromatic carbocycles. The van der Waals surface area contributed by atoms with Crippen molar-refractivity contribution in [1.82, 2.24) is 0 Å². The highest BCUT2D eigenvalue weighted by Gasteiger charge is 2.42. The summed E-state index contributed by atoms with van der Waals surface area (Å²) in [6.45, 7) is 18.9. The average molecular weight is 577 g/mol. The summed E-state index contributed by atoms with van der Waals surface area (Å²) in [6.07, 6.45) is 18.8. The Morgan fingerprint density at radius 2 is 1.74 bits per heavy atom. The second-order valence-corrected chi connectivity index (χ2v) is 23.1. The lowest BCUT2D eigenvalue weighted by Crippen LogP contribution is -2.46. The maximum atomic E-state index is 10.8. The predicted molar refractivity (Wildman–Crippen MR) is 170 cm³/mol. The first kappa shape index (κ1) is 34.3. The summed E-state index contributed by atoms with van der Waals surface area (Å²) in [4.78, 5) is 10.8. The third-order valence-electron chi connectivity index (χ3n) is 10.2. The van der Waals surface area contributed by atoms with E-state index in [0.717, 1.165) is 32.1 Å². The van der Waals surface area contributed by atoms with Crippen molar-refractivity contribution in [3.8, 4) is 0 Å². The van der Waals surface area contributed by atoms with Crippen molar-refractivity contribution in [2.24, 2.45) is 11.8 Å². The van der Waals surface area contributed by atoms with Crippen LogP contribution in [0, 0.1) is 11.8 Å². The maximum Gasteiger partial charge on any atom is 0.307 e. The molecule has 0 amide bonds. The second-order valence-electron chi connectivity index (χ2n) is 13.6. The minimum Gasteiger partial charge on any atom is -0.481 e. The first-order valence-corrected chi connectivity index (χ1v) is 21.5. The first-order chi connectivity index (χ1) is 18.4. The minimum atomic E-state index is -1.84. The molecule has 3 atom stereocenters. The molecule has 2 rings (SSSR count). The van der Waals surface area contributed by atoms with Crippen molar-refractivity contribution in [3.05, 3.63) is 29.5 Å². The van der Waals surface area contributed by atoms with Gasteiger partial charge in [0.2, 0.25) is 0 Å². The molecule has 2 aliphatic carbocycles. The van der Waals surface area contributed by atoms with E-state index < -0.39 is 22.6 Å². The Morgan fingerprint density at radius 1 is 1.10 bits per heavy atom. The molecule has 1 N–H and O–H groups in total. The van der Waals surface area contributed by atoms with E-state index in [1.54, 1.807) is 11.6 Å². The summed E-state index contributed by atoms with van der Waals surface area (Å²) < 4.78 is 14.3. The number of carboxylic acid groups (broad SMARTS) is 1. The van der Waals surface area contributed by atoms with E-state index in [1.807, 2.05) is 6.08 Å². The third-order valence-corrected chi connectivity index (χ3v) is 19.3. The van der Waals surface area contributed by atoms with Crippen LogP contribution in [0.3, 0.4) is 0 Å². The van der Waals surface area contributed by atoms with Gasteiger partial charge in [0.05, 0.1) is 12.5 Å². The number of carbonyl (C=O) groups is 1. The van der Waals surface area contributed by atoms with Gasteiger partial charge >= 0.3 is 5.97 Å². The Morgan fingerprint density at radius 3 is 2.31 bits per heavy atom. The maximum absolute atomic E-state index is 10.8. The van der Waals surface area contributed by atoms with Gasteiger partial charge in [0.1, 0.15) is 0 Å². The number of aliphatic carboxylic acids is 1. The Hall–Kier alpha value is -0.916. The van der Waals surface area contributed by atoms with E-state index in [1.165, 1.54) is 50.2 Å². The van der Waals surface area contributed by atoms with E-state index >= 15 is 0 Å². The number of hydrogen-bond donors (Lipinski definition) is 1. The molecule has 0 aliphatic heterocycles. The highest BCUT2D eigenvalue weighted by molar-refractivity contribution is 6.74. The summed E-state index contributed by atoms with van der Waals surface area (Å²) in [5.41, 5.74) is 4.66. The zero-order valence-electron chi connectivity index (χ0n) is 26.6. The van der Waals surface area contributed by atoms with Gasteiger partial charge in [0, 0.05) is 12.0 Å². The van der Waals surface area contributed by atoms with E-state index in [2.05, 4.69) is 66.4 Å².